The summed E-state index contributed by atoms with van der Waals surface area (Å²) >= 11 is 0. The highest BCUT2D eigenvalue weighted by atomic mass is 16.3. The van der Waals surface area contributed by atoms with Crippen LogP contribution in [0.4, 0.5) is 0 Å². The van der Waals surface area contributed by atoms with Gasteiger partial charge in [0, 0.05) is 30.8 Å². The minimum atomic E-state index is -1.50. The first-order valence-electron chi connectivity index (χ1n) is 12.6. The Morgan fingerprint density at radius 3 is 2.36 bits per heavy atom. The summed E-state index contributed by atoms with van der Waals surface area (Å²) in [5.41, 5.74) is 6.84. The van der Waals surface area contributed by atoms with Crippen molar-refractivity contribution in [3.8, 4) is 22.4 Å². The van der Waals surface area contributed by atoms with Gasteiger partial charge < -0.3 is 4.42 Å². The van der Waals surface area contributed by atoms with Crippen molar-refractivity contribution in [2.75, 3.05) is 0 Å². The van der Waals surface area contributed by atoms with Gasteiger partial charge >= 0.3 is 0 Å². The van der Waals surface area contributed by atoms with Crippen LogP contribution in [0.1, 0.15) is 54.4 Å². The van der Waals surface area contributed by atoms with Crippen LogP contribution >= 0.6 is 0 Å². The maximum absolute atomic E-state index is 8.73. The molecule has 0 N–H and O–H groups in total. The van der Waals surface area contributed by atoms with Crippen molar-refractivity contribution in [1.82, 2.24) is 4.98 Å². The number of para-hydroxylation sites is 1. The summed E-state index contributed by atoms with van der Waals surface area (Å²) in [5, 5.41) is 2.11. The predicted octanol–water partition coefficient (Wildman–Crippen LogP) is 9.03. The van der Waals surface area contributed by atoms with E-state index in [0.29, 0.717) is 17.2 Å². The first kappa shape index (κ1) is 19.1. The van der Waals surface area contributed by atoms with Crippen molar-refractivity contribution < 1.29 is 7.16 Å². The van der Waals surface area contributed by atoms with E-state index in [1.165, 1.54) is 5.56 Å². The van der Waals surface area contributed by atoms with Gasteiger partial charge in [0.05, 0.1) is 5.69 Å². The van der Waals surface area contributed by atoms with Crippen molar-refractivity contribution in [3.63, 3.8) is 0 Å². The summed E-state index contributed by atoms with van der Waals surface area (Å²) in [6.07, 6.45) is 0.196. The van der Waals surface area contributed by atoms with E-state index in [4.69, 9.17) is 7.16 Å². The Labute approximate surface area is 199 Å². The second-order valence-electron chi connectivity index (χ2n) is 10.0. The zero-order chi connectivity index (χ0) is 25.0. The standard InChI is InChI=1S/C31H31NO/c1-20(2)23-14-15-25-24-12-9-13-26(27-18-21(16-17-32-27)19-31(3,4)5)29(24)33-30(25)28(23)22-10-7-6-8-11-22/h6-18,20H,19H2,1-5H3/i19D2. The van der Waals surface area contributed by atoms with Crippen molar-refractivity contribution in [3.05, 3.63) is 90.1 Å². The van der Waals surface area contributed by atoms with Crippen LogP contribution in [0.25, 0.3) is 44.3 Å². The first-order valence-corrected chi connectivity index (χ1v) is 11.6. The number of hydrogen-bond acceptors (Lipinski definition) is 2. The van der Waals surface area contributed by atoms with Crippen molar-refractivity contribution in [2.24, 2.45) is 5.41 Å². The lowest BCUT2D eigenvalue weighted by Crippen LogP contribution is -2.09. The molecule has 0 spiro atoms. The topological polar surface area (TPSA) is 26.0 Å². The van der Waals surface area contributed by atoms with E-state index in [2.05, 4.69) is 61.3 Å². The monoisotopic (exact) mass is 435 g/mol. The van der Waals surface area contributed by atoms with Gasteiger partial charge in [-0.2, -0.15) is 0 Å². The third-order valence-corrected chi connectivity index (χ3v) is 5.94. The highest BCUT2D eigenvalue weighted by Crippen LogP contribution is 2.42. The van der Waals surface area contributed by atoms with Crippen LogP contribution < -0.4 is 0 Å². The summed E-state index contributed by atoms with van der Waals surface area (Å²) in [7, 11) is 0. The van der Waals surface area contributed by atoms with Crippen LogP contribution in [0.5, 0.6) is 0 Å². The van der Waals surface area contributed by atoms with Crippen LogP contribution in [0.2, 0.25) is 0 Å². The molecule has 0 fully saturated rings. The molecular formula is C31H31NO. The Balaban J connectivity index is 1.78. The Kier molecular flexibility index (Phi) is 4.74. The molecule has 0 saturated heterocycles. The molecule has 0 radical (unpaired) electrons. The summed E-state index contributed by atoms with van der Waals surface area (Å²) in [4.78, 5) is 4.63. The van der Waals surface area contributed by atoms with Crippen LogP contribution in [0.3, 0.4) is 0 Å². The minimum Gasteiger partial charge on any atom is -0.455 e. The fraction of sp³-hybridized carbons (Fsp3) is 0.258. The third kappa shape index (κ3) is 4.06. The second-order valence-corrected chi connectivity index (χ2v) is 10.0. The number of pyridine rings is 1. The van der Waals surface area contributed by atoms with Gasteiger partial charge in [-0.15, -0.1) is 0 Å². The molecule has 2 aromatic heterocycles. The summed E-state index contributed by atoms with van der Waals surface area (Å²) in [6, 6.07) is 24.6. The normalized spacial score (nSPS) is 13.5. The number of aromatic nitrogens is 1. The molecule has 0 bridgehead atoms. The van der Waals surface area contributed by atoms with Gasteiger partial charge in [0.1, 0.15) is 11.2 Å². The number of fused-ring (bicyclic) bond motifs is 3. The molecule has 3 aromatic carbocycles. The molecule has 166 valence electrons. The summed E-state index contributed by atoms with van der Waals surface area (Å²) in [5.74, 6) is 0.347. The maximum atomic E-state index is 8.73. The molecule has 0 aliphatic rings. The molecule has 0 aliphatic heterocycles. The van der Waals surface area contributed by atoms with Crippen LogP contribution in [-0.4, -0.2) is 4.98 Å². The van der Waals surface area contributed by atoms with Crippen LogP contribution in [0.15, 0.2) is 83.4 Å². The van der Waals surface area contributed by atoms with E-state index >= 15 is 0 Å². The molecule has 5 rings (SSSR count). The van der Waals surface area contributed by atoms with Gasteiger partial charge in [0.15, 0.2) is 0 Å². The van der Waals surface area contributed by atoms with E-state index in [1.807, 2.05) is 45.0 Å². The first-order chi connectivity index (χ1) is 16.6. The van der Waals surface area contributed by atoms with Crippen molar-refractivity contribution in [1.29, 1.82) is 0 Å². The van der Waals surface area contributed by atoms with Gasteiger partial charge in [-0.3, -0.25) is 4.98 Å². The van der Waals surface area contributed by atoms with E-state index in [9.17, 15) is 0 Å². The molecule has 5 aromatic rings. The smallest absolute Gasteiger partial charge is 0.144 e. The maximum Gasteiger partial charge on any atom is 0.144 e. The number of benzene rings is 3. The Morgan fingerprint density at radius 2 is 1.64 bits per heavy atom. The molecule has 0 unspecified atom stereocenters. The SMILES string of the molecule is [2H]C([2H])(c1ccnc(-c2cccc3c2oc2c(-c4ccccc4)c(C(C)C)ccc23)c1)C(C)(C)C. The molecule has 0 amide bonds. The molecular weight excluding hydrogens is 402 g/mol. The Bertz CT molecular complexity index is 1530. The zero-order valence-corrected chi connectivity index (χ0v) is 19.9. The average molecular weight is 436 g/mol. The van der Waals surface area contributed by atoms with Crippen LogP contribution in [0, 0.1) is 5.41 Å². The molecule has 2 nitrogen and oxygen atoms in total. The number of furan rings is 1. The van der Waals surface area contributed by atoms with Gasteiger partial charge in [-0.25, -0.2) is 0 Å². The molecule has 33 heavy (non-hydrogen) atoms. The highest BCUT2D eigenvalue weighted by Gasteiger charge is 2.20. The van der Waals surface area contributed by atoms with Gasteiger partial charge in [-0.1, -0.05) is 89.2 Å². The molecule has 2 heteroatoms. The summed E-state index contributed by atoms with van der Waals surface area (Å²) < 4.78 is 24.1. The quantitative estimate of drug-likeness (QED) is 0.281. The fourth-order valence-corrected chi connectivity index (χ4v) is 4.55. The second kappa shape index (κ2) is 8.19. The fourth-order valence-electron chi connectivity index (χ4n) is 4.55. The lowest BCUT2D eigenvalue weighted by molar-refractivity contribution is 0.411. The van der Waals surface area contributed by atoms with Crippen molar-refractivity contribution >= 4 is 21.9 Å². The van der Waals surface area contributed by atoms with E-state index in [-0.39, 0.29) is 0 Å². The van der Waals surface area contributed by atoms with E-state index in [0.717, 1.165) is 38.6 Å². The number of rotatable bonds is 4. The molecule has 0 saturated carbocycles. The third-order valence-electron chi connectivity index (χ3n) is 5.94. The zero-order valence-electron chi connectivity index (χ0n) is 21.9. The summed E-state index contributed by atoms with van der Waals surface area (Å²) in [6.45, 7) is 10.2. The molecule has 0 atom stereocenters. The minimum absolute atomic E-state index is 0.347. The van der Waals surface area contributed by atoms with Gasteiger partial charge in [0.25, 0.3) is 0 Å². The average Bonchev–Trinajstić information content (AvgIpc) is 3.22. The molecule has 2 heterocycles. The lowest BCUT2D eigenvalue weighted by Gasteiger charge is -2.18. The molecule has 0 aliphatic carbocycles. The highest BCUT2D eigenvalue weighted by molar-refractivity contribution is 6.13. The van der Waals surface area contributed by atoms with E-state index in [1.54, 1.807) is 12.3 Å². The number of hydrogen-bond donors (Lipinski definition) is 0. The van der Waals surface area contributed by atoms with Crippen molar-refractivity contribution in [2.45, 2.75) is 46.9 Å². The van der Waals surface area contributed by atoms with Crippen LogP contribution in [-0.2, 0) is 6.37 Å². The number of nitrogens with zero attached hydrogens (tertiary/aromatic N) is 1. The Morgan fingerprint density at radius 1 is 0.879 bits per heavy atom. The van der Waals surface area contributed by atoms with Gasteiger partial charge in [0.2, 0.25) is 0 Å². The largest absolute Gasteiger partial charge is 0.455 e. The lowest BCUT2D eigenvalue weighted by atomic mass is 9.88. The Hall–Kier alpha value is -3.39. The van der Waals surface area contributed by atoms with Gasteiger partial charge in [-0.05, 0) is 52.6 Å². The predicted molar refractivity (Wildman–Crippen MR) is 140 cm³/mol. The van der Waals surface area contributed by atoms with E-state index < -0.39 is 11.8 Å².